The zero-order valence-electron chi connectivity index (χ0n) is 27.0. The van der Waals surface area contributed by atoms with E-state index in [0.717, 1.165) is 16.8 Å². The van der Waals surface area contributed by atoms with Gasteiger partial charge in [0.15, 0.2) is 0 Å². The van der Waals surface area contributed by atoms with Crippen LogP contribution in [0.4, 0.5) is 0 Å². The van der Waals surface area contributed by atoms with Gasteiger partial charge in [-0.3, -0.25) is 5.32 Å². The van der Waals surface area contributed by atoms with Crippen LogP contribution in [0, 0.1) is 11.3 Å². The predicted octanol–water partition coefficient (Wildman–Crippen LogP) is 9.53. The van der Waals surface area contributed by atoms with Crippen LogP contribution in [0.2, 0.25) is 0 Å². The molecule has 0 saturated heterocycles. The molecule has 0 radical (unpaired) electrons. The molecule has 0 bridgehead atoms. The molecule has 230 valence electrons. The van der Waals surface area contributed by atoms with Gasteiger partial charge in [-0.15, -0.1) is 0 Å². The monoisotopic (exact) mass is 617 g/mol. The summed E-state index contributed by atoms with van der Waals surface area (Å²) in [6.07, 6.45) is 2.17. The van der Waals surface area contributed by atoms with Gasteiger partial charge in [-0.2, -0.15) is 5.26 Å². The van der Waals surface area contributed by atoms with E-state index in [-0.39, 0.29) is 17.6 Å². The van der Waals surface area contributed by atoms with E-state index in [0.29, 0.717) is 5.56 Å². The van der Waals surface area contributed by atoms with Crippen LogP contribution in [-0.4, -0.2) is 0 Å². The van der Waals surface area contributed by atoms with Gasteiger partial charge in [0.1, 0.15) is 6.17 Å². The number of nitrogens with one attached hydrogen (secondary N) is 2. The lowest BCUT2D eigenvalue weighted by atomic mass is 9.55. The second-order valence-electron chi connectivity index (χ2n) is 13.7. The summed E-state index contributed by atoms with van der Waals surface area (Å²) in [6, 6.07) is 54.8. The van der Waals surface area contributed by atoms with E-state index in [9.17, 15) is 5.26 Å². The number of rotatable bonds is 3. The fourth-order valence-electron chi connectivity index (χ4n) is 8.78. The highest BCUT2D eigenvalue weighted by Gasteiger charge is 2.53. The fraction of sp³-hybridized carbons (Fsp3) is 0.133. The first-order valence-corrected chi connectivity index (χ1v) is 16.7. The molecule has 6 aromatic rings. The molecular formula is C45H35N3. The van der Waals surface area contributed by atoms with Gasteiger partial charge in [0.05, 0.1) is 23.1 Å². The Morgan fingerprint density at radius 3 is 1.92 bits per heavy atom. The molecule has 3 aliphatic rings. The van der Waals surface area contributed by atoms with Crippen LogP contribution in [-0.2, 0) is 10.8 Å². The number of fused-ring (bicyclic) bond motifs is 9. The lowest BCUT2D eigenvalue weighted by Crippen LogP contribution is -2.41. The Morgan fingerprint density at radius 1 is 0.604 bits per heavy atom. The van der Waals surface area contributed by atoms with Crippen LogP contribution < -0.4 is 10.6 Å². The van der Waals surface area contributed by atoms with Crippen molar-refractivity contribution in [3.05, 3.63) is 207 Å². The van der Waals surface area contributed by atoms with Gasteiger partial charge in [0, 0.05) is 11.1 Å². The highest BCUT2D eigenvalue weighted by molar-refractivity contribution is 5.90. The molecule has 0 saturated carbocycles. The summed E-state index contributed by atoms with van der Waals surface area (Å²) in [5.41, 5.74) is 15.2. The number of nitrogens with zero attached hydrogens (tertiary/aromatic N) is 1. The Bertz CT molecular complexity index is 2260. The Kier molecular flexibility index (Phi) is 6.34. The lowest BCUT2D eigenvalue weighted by Gasteiger charge is -2.46. The van der Waals surface area contributed by atoms with E-state index < -0.39 is 5.41 Å². The van der Waals surface area contributed by atoms with Crippen LogP contribution in [0.3, 0.4) is 0 Å². The molecule has 0 aromatic heterocycles. The maximum absolute atomic E-state index is 9.71. The van der Waals surface area contributed by atoms with E-state index >= 15 is 0 Å². The molecule has 1 spiro atoms. The Balaban J connectivity index is 1.31. The molecule has 2 atom stereocenters. The van der Waals surface area contributed by atoms with E-state index in [4.69, 9.17) is 0 Å². The van der Waals surface area contributed by atoms with E-state index in [1.54, 1.807) is 0 Å². The van der Waals surface area contributed by atoms with Crippen molar-refractivity contribution < 1.29 is 0 Å². The van der Waals surface area contributed by atoms with E-state index in [2.05, 4.69) is 164 Å². The minimum absolute atomic E-state index is 0.0964. The lowest BCUT2D eigenvalue weighted by molar-refractivity contribution is 0.443. The minimum atomic E-state index is -0.440. The molecular weight excluding hydrogens is 583 g/mol. The maximum atomic E-state index is 9.71. The molecule has 48 heavy (non-hydrogen) atoms. The summed E-state index contributed by atoms with van der Waals surface area (Å²) in [5, 5.41) is 17.4. The molecule has 9 rings (SSSR count). The zero-order valence-corrected chi connectivity index (χ0v) is 27.0. The van der Waals surface area contributed by atoms with Crippen LogP contribution in [0.15, 0.2) is 152 Å². The van der Waals surface area contributed by atoms with Crippen molar-refractivity contribution in [3.8, 4) is 17.2 Å². The molecule has 2 unspecified atom stereocenters. The number of hydrogen-bond acceptors (Lipinski definition) is 3. The SMILES string of the molecule is CC1(C)c2ccccc2C2(c3ccccc3-c3c(C4C=C(c5cccc(C#N)c5)NC(c5ccccc5)N4)cccc32)c2ccccc21. The molecule has 6 aromatic carbocycles. The highest BCUT2D eigenvalue weighted by Crippen LogP contribution is 2.63. The van der Waals surface area contributed by atoms with Crippen molar-refractivity contribution in [1.29, 1.82) is 5.26 Å². The molecule has 1 aliphatic heterocycles. The summed E-state index contributed by atoms with van der Waals surface area (Å²) >= 11 is 0. The summed E-state index contributed by atoms with van der Waals surface area (Å²) in [7, 11) is 0. The normalized spacial score (nSPS) is 19.1. The molecule has 3 heteroatoms. The van der Waals surface area contributed by atoms with E-state index in [1.165, 1.54) is 50.1 Å². The zero-order chi connectivity index (χ0) is 32.5. The number of nitriles is 1. The average Bonchev–Trinajstić information content (AvgIpc) is 3.45. The summed E-state index contributed by atoms with van der Waals surface area (Å²) < 4.78 is 0. The standard InChI is InChI=1S/C45H35N3/c1-44(2)35-21-8-10-23-37(35)45(38-24-11-9-22-36(38)44)34-20-7-6-18-32(34)42-33(19-13-25-39(42)45)41-27-40(31-17-12-14-29(26-31)28-46)47-43(48-41)30-15-4-3-5-16-30/h3-27,41,43,47-48H,1-2H3. The fourth-order valence-corrected chi connectivity index (χ4v) is 8.78. The second kappa shape index (κ2) is 10.7. The van der Waals surface area contributed by atoms with Gasteiger partial charge >= 0.3 is 0 Å². The molecule has 0 fully saturated rings. The van der Waals surface area contributed by atoms with Gasteiger partial charge in [-0.1, -0.05) is 147 Å². The van der Waals surface area contributed by atoms with Crippen LogP contribution >= 0.6 is 0 Å². The Labute approximate surface area is 282 Å². The molecule has 0 amide bonds. The first-order chi connectivity index (χ1) is 23.5. The Morgan fingerprint density at radius 2 is 1.21 bits per heavy atom. The highest BCUT2D eigenvalue weighted by atomic mass is 15.2. The molecule has 1 heterocycles. The second-order valence-corrected chi connectivity index (χ2v) is 13.7. The van der Waals surface area contributed by atoms with Gasteiger partial charge in [0.25, 0.3) is 0 Å². The minimum Gasteiger partial charge on any atom is -0.366 e. The predicted molar refractivity (Wildman–Crippen MR) is 193 cm³/mol. The Hall–Kier alpha value is -5.69. The van der Waals surface area contributed by atoms with Crippen molar-refractivity contribution in [3.63, 3.8) is 0 Å². The summed E-state index contributed by atoms with van der Waals surface area (Å²) in [5.74, 6) is 0. The van der Waals surface area contributed by atoms with Crippen molar-refractivity contribution >= 4 is 5.70 Å². The average molecular weight is 618 g/mol. The smallest absolute Gasteiger partial charge is 0.104 e. The topological polar surface area (TPSA) is 47.9 Å². The van der Waals surface area contributed by atoms with Crippen LogP contribution in [0.1, 0.15) is 81.7 Å². The van der Waals surface area contributed by atoms with Gasteiger partial charge in [0.2, 0.25) is 0 Å². The van der Waals surface area contributed by atoms with E-state index in [1.807, 2.05) is 18.2 Å². The first kappa shape index (κ1) is 28.5. The number of benzene rings is 6. The van der Waals surface area contributed by atoms with Crippen LogP contribution in [0.25, 0.3) is 16.8 Å². The molecule has 2 N–H and O–H groups in total. The quantitative estimate of drug-likeness (QED) is 0.208. The molecule has 3 nitrogen and oxygen atoms in total. The number of hydrogen-bond donors (Lipinski definition) is 2. The van der Waals surface area contributed by atoms with Gasteiger partial charge in [-0.25, -0.2) is 0 Å². The largest absolute Gasteiger partial charge is 0.366 e. The summed E-state index contributed by atoms with van der Waals surface area (Å²) in [4.78, 5) is 0. The van der Waals surface area contributed by atoms with Gasteiger partial charge < -0.3 is 5.32 Å². The third kappa shape index (κ3) is 3.97. The summed E-state index contributed by atoms with van der Waals surface area (Å²) in [6.45, 7) is 4.73. The van der Waals surface area contributed by atoms with Crippen molar-refractivity contribution in [2.75, 3.05) is 0 Å². The van der Waals surface area contributed by atoms with Crippen LogP contribution in [0.5, 0.6) is 0 Å². The first-order valence-electron chi connectivity index (χ1n) is 16.7. The third-order valence-electron chi connectivity index (χ3n) is 10.9. The van der Waals surface area contributed by atoms with Crippen molar-refractivity contribution in [1.82, 2.24) is 10.6 Å². The van der Waals surface area contributed by atoms with Crippen molar-refractivity contribution in [2.45, 2.75) is 36.9 Å². The molecule has 2 aliphatic carbocycles. The van der Waals surface area contributed by atoms with Crippen molar-refractivity contribution in [2.24, 2.45) is 0 Å². The third-order valence-corrected chi connectivity index (χ3v) is 10.9. The van der Waals surface area contributed by atoms with Gasteiger partial charge in [-0.05, 0) is 79.4 Å². The maximum Gasteiger partial charge on any atom is 0.104 e.